The molecule has 0 radical (unpaired) electrons. The molecule has 1 saturated carbocycles. The van der Waals surface area contributed by atoms with Crippen molar-refractivity contribution in [2.45, 2.75) is 44.6 Å². The molecule has 1 heterocycles. The topological polar surface area (TPSA) is 84.5 Å². The minimum Gasteiger partial charge on any atom is -0.464 e. The average molecular weight is 268 g/mol. The molecule has 0 spiro atoms. The molecule has 0 aromatic rings. The minimum absolute atomic E-state index is 0.0715. The lowest BCUT2D eigenvalue weighted by Crippen LogP contribution is -2.46. The summed E-state index contributed by atoms with van der Waals surface area (Å²) < 4.78 is 5.01. The highest BCUT2D eigenvalue weighted by Gasteiger charge is 2.31. The molecule has 2 N–H and O–H groups in total. The lowest BCUT2D eigenvalue weighted by molar-refractivity contribution is -0.145. The molecule has 0 aromatic heterocycles. The first kappa shape index (κ1) is 13.8. The summed E-state index contributed by atoms with van der Waals surface area (Å²) in [5.41, 5.74) is 0. The molecule has 2 fully saturated rings. The predicted molar refractivity (Wildman–Crippen MR) is 67.1 cm³/mol. The molecule has 6 heteroatoms. The van der Waals surface area contributed by atoms with Crippen molar-refractivity contribution in [3.63, 3.8) is 0 Å². The van der Waals surface area contributed by atoms with Crippen LogP contribution in [0.2, 0.25) is 0 Å². The largest absolute Gasteiger partial charge is 0.464 e. The molecule has 2 rings (SSSR count). The third-order valence-corrected chi connectivity index (χ3v) is 3.35. The highest BCUT2D eigenvalue weighted by atomic mass is 16.5. The summed E-state index contributed by atoms with van der Waals surface area (Å²) in [7, 11) is 0. The Kier molecular flexibility index (Phi) is 4.76. The van der Waals surface area contributed by atoms with Crippen LogP contribution in [0.1, 0.15) is 38.5 Å². The summed E-state index contributed by atoms with van der Waals surface area (Å²) in [5, 5.41) is 5.38. The van der Waals surface area contributed by atoms with Crippen LogP contribution in [0.25, 0.3) is 0 Å². The zero-order chi connectivity index (χ0) is 13.7. The second-order valence-corrected chi connectivity index (χ2v) is 5.10. The van der Waals surface area contributed by atoms with E-state index >= 15 is 0 Å². The molecule has 6 nitrogen and oxygen atoms in total. The Morgan fingerprint density at radius 1 is 1.26 bits per heavy atom. The normalized spacial score (nSPS) is 23.2. The van der Waals surface area contributed by atoms with Gasteiger partial charge in [0.15, 0.2) is 0 Å². The van der Waals surface area contributed by atoms with Crippen LogP contribution in [-0.4, -0.2) is 37.0 Å². The molecule has 1 aliphatic heterocycles. The number of ether oxygens (including phenoxy) is 1. The maximum absolute atomic E-state index is 11.8. The van der Waals surface area contributed by atoms with Crippen LogP contribution in [0, 0.1) is 5.92 Å². The van der Waals surface area contributed by atoms with Crippen LogP contribution >= 0.6 is 0 Å². The van der Waals surface area contributed by atoms with E-state index in [0.29, 0.717) is 19.4 Å². The molecule has 0 aromatic carbocycles. The van der Waals surface area contributed by atoms with Crippen molar-refractivity contribution in [3.05, 3.63) is 0 Å². The number of nitrogens with one attached hydrogen (secondary N) is 2. The zero-order valence-electron chi connectivity index (χ0n) is 10.9. The number of amides is 2. The van der Waals surface area contributed by atoms with E-state index < -0.39 is 6.04 Å². The number of rotatable bonds is 5. The van der Waals surface area contributed by atoms with Gasteiger partial charge in [-0.1, -0.05) is 6.42 Å². The van der Waals surface area contributed by atoms with Crippen LogP contribution in [-0.2, 0) is 19.1 Å². The van der Waals surface area contributed by atoms with E-state index in [1.54, 1.807) is 0 Å². The molecule has 2 amide bonds. The summed E-state index contributed by atoms with van der Waals surface area (Å²) >= 11 is 0. The summed E-state index contributed by atoms with van der Waals surface area (Å²) in [4.78, 5) is 34.4. The first-order chi connectivity index (χ1) is 9.16. The van der Waals surface area contributed by atoms with Gasteiger partial charge >= 0.3 is 5.97 Å². The van der Waals surface area contributed by atoms with Crippen molar-refractivity contribution in [1.82, 2.24) is 10.6 Å². The monoisotopic (exact) mass is 268 g/mol. The van der Waals surface area contributed by atoms with E-state index in [0.717, 1.165) is 25.7 Å². The number of esters is 1. The van der Waals surface area contributed by atoms with Gasteiger partial charge in [-0.2, -0.15) is 0 Å². The minimum atomic E-state index is -0.450. The van der Waals surface area contributed by atoms with Crippen LogP contribution in [0.15, 0.2) is 0 Å². The maximum atomic E-state index is 11.8. The van der Waals surface area contributed by atoms with Gasteiger partial charge in [-0.3, -0.25) is 14.4 Å². The fraction of sp³-hybridized carbons (Fsp3) is 0.769. The van der Waals surface area contributed by atoms with Gasteiger partial charge in [-0.05, 0) is 25.7 Å². The van der Waals surface area contributed by atoms with Crippen LogP contribution in [0.4, 0.5) is 0 Å². The summed E-state index contributed by atoms with van der Waals surface area (Å²) in [6.07, 6.45) is 4.68. The SMILES string of the molecule is O=C1CCCCC(C(=O)NCCOC(=O)C2CC2)N1. The lowest BCUT2D eigenvalue weighted by Gasteiger charge is -2.15. The molecule has 1 unspecified atom stereocenters. The Bertz CT molecular complexity index is 366. The number of hydrogen-bond donors (Lipinski definition) is 2. The van der Waals surface area contributed by atoms with Gasteiger partial charge in [0.2, 0.25) is 11.8 Å². The Balaban J connectivity index is 1.62. The Labute approximate surface area is 112 Å². The van der Waals surface area contributed by atoms with Crippen LogP contribution in [0.5, 0.6) is 0 Å². The van der Waals surface area contributed by atoms with Gasteiger partial charge in [0.05, 0.1) is 12.5 Å². The lowest BCUT2D eigenvalue weighted by atomic mass is 10.1. The third kappa shape index (κ3) is 4.54. The summed E-state index contributed by atoms with van der Waals surface area (Å²) in [6.45, 7) is 0.491. The average Bonchev–Trinajstić information content (AvgIpc) is 3.20. The molecule has 1 aliphatic carbocycles. The zero-order valence-corrected chi connectivity index (χ0v) is 10.9. The first-order valence-corrected chi connectivity index (χ1v) is 6.90. The van der Waals surface area contributed by atoms with Crippen LogP contribution in [0.3, 0.4) is 0 Å². The number of carbonyl (C=O) groups excluding carboxylic acids is 3. The van der Waals surface area contributed by atoms with Crippen molar-refractivity contribution in [2.24, 2.45) is 5.92 Å². The van der Waals surface area contributed by atoms with Crippen molar-refractivity contribution < 1.29 is 19.1 Å². The smallest absolute Gasteiger partial charge is 0.308 e. The highest BCUT2D eigenvalue weighted by Crippen LogP contribution is 2.29. The molecule has 1 atom stereocenters. The maximum Gasteiger partial charge on any atom is 0.308 e. The number of hydrogen-bond acceptors (Lipinski definition) is 4. The molecule has 19 heavy (non-hydrogen) atoms. The molecule has 106 valence electrons. The molecular formula is C13H20N2O4. The van der Waals surface area contributed by atoms with Gasteiger partial charge in [0.1, 0.15) is 12.6 Å². The first-order valence-electron chi connectivity index (χ1n) is 6.90. The second-order valence-electron chi connectivity index (χ2n) is 5.10. The molecule has 1 saturated heterocycles. The van der Waals surface area contributed by atoms with Crippen molar-refractivity contribution in [2.75, 3.05) is 13.2 Å². The van der Waals surface area contributed by atoms with E-state index in [2.05, 4.69) is 10.6 Å². The highest BCUT2D eigenvalue weighted by molar-refractivity contribution is 5.87. The van der Waals surface area contributed by atoms with Crippen molar-refractivity contribution >= 4 is 17.8 Å². The van der Waals surface area contributed by atoms with Crippen molar-refractivity contribution in [3.8, 4) is 0 Å². The van der Waals surface area contributed by atoms with E-state index in [1.165, 1.54) is 0 Å². The van der Waals surface area contributed by atoms with Crippen LogP contribution < -0.4 is 10.6 Å². The molecule has 2 aliphatic rings. The van der Waals surface area contributed by atoms with E-state index in [-0.39, 0.29) is 30.3 Å². The van der Waals surface area contributed by atoms with E-state index in [1.807, 2.05) is 0 Å². The van der Waals surface area contributed by atoms with Gasteiger partial charge in [0.25, 0.3) is 0 Å². The number of carbonyl (C=O) groups is 3. The Hall–Kier alpha value is -1.59. The van der Waals surface area contributed by atoms with E-state index in [4.69, 9.17) is 4.74 Å². The summed E-state index contributed by atoms with van der Waals surface area (Å²) in [5.74, 6) is -0.357. The molecule has 0 bridgehead atoms. The van der Waals surface area contributed by atoms with Crippen molar-refractivity contribution in [1.29, 1.82) is 0 Å². The van der Waals surface area contributed by atoms with Gasteiger partial charge in [-0.25, -0.2) is 0 Å². The second kappa shape index (κ2) is 6.54. The standard InChI is InChI=1S/C13H20N2O4/c16-11-4-2-1-3-10(15-11)12(17)14-7-8-19-13(18)9-5-6-9/h9-10H,1-8H2,(H,14,17)(H,15,16). The predicted octanol–water partition coefficient (Wildman–Crippen LogP) is 0.115. The molecular weight excluding hydrogens is 248 g/mol. The Morgan fingerprint density at radius 3 is 2.79 bits per heavy atom. The fourth-order valence-corrected chi connectivity index (χ4v) is 2.06. The summed E-state index contributed by atoms with van der Waals surface area (Å²) in [6, 6.07) is -0.450. The van der Waals surface area contributed by atoms with Gasteiger partial charge in [0, 0.05) is 6.42 Å². The van der Waals surface area contributed by atoms with E-state index in [9.17, 15) is 14.4 Å². The fourth-order valence-electron chi connectivity index (χ4n) is 2.06. The van der Waals surface area contributed by atoms with Gasteiger partial charge < -0.3 is 15.4 Å². The Morgan fingerprint density at radius 2 is 2.05 bits per heavy atom. The van der Waals surface area contributed by atoms with Gasteiger partial charge in [-0.15, -0.1) is 0 Å². The third-order valence-electron chi connectivity index (χ3n) is 3.35. The quantitative estimate of drug-likeness (QED) is 0.547.